The second-order valence-corrected chi connectivity index (χ2v) is 9.35. The Labute approximate surface area is 202 Å². The Hall–Kier alpha value is -2.03. The van der Waals surface area contributed by atoms with Crippen LogP contribution in [-0.4, -0.2) is 12.6 Å². The topological polar surface area (TPSA) is 35.5 Å². The molecule has 3 heteroatoms. The van der Waals surface area contributed by atoms with E-state index in [2.05, 4.69) is 6.92 Å². The van der Waals surface area contributed by atoms with Crippen molar-refractivity contribution in [1.82, 2.24) is 0 Å². The van der Waals surface area contributed by atoms with Crippen LogP contribution in [0, 0.1) is 0 Å². The number of esters is 1. The lowest BCUT2D eigenvalue weighted by molar-refractivity contribution is -0.131. The molecule has 0 saturated heterocycles. The molecule has 0 saturated carbocycles. The lowest BCUT2D eigenvalue weighted by atomic mass is 10.0. The van der Waals surface area contributed by atoms with Crippen molar-refractivity contribution in [2.75, 3.05) is 6.61 Å². The van der Waals surface area contributed by atoms with E-state index in [-0.39, 0.29) is 5.97 Å². The van der Waals surface area contributed by atoms with Crippen LogP contribution in [0.25, 0.3) is 10.8 Å². The van der Waals surface area contributed by atoms with Crippen LogP contribution in [0.5, 0.6) is 11.5 Å². The molecular formula is C30H46O3. The van der Waals surface area contributed by atoms with Crippen molar-refractivity contribution in [1.29, 1.82) is 0 Å². The number of ether oxygens (including phenoxy) is 2. The molecule has 184 valence electrons. The molecule has 0 aliphatic rings. The summed E-state index contributed by atoms with van der Waals surface area (Å²) in [6, 6.07) is 11.7. The molecule has 33 heavy (non-hydrogen) atoms. The molecule has 0 fully saturated rings. The van der Waals surface area contributed by atoms with Crippen LogP contribution in [0.4, 0.5) is 0 Å². The number of hydrogen-bond acceptors (Lipinski definition) is 3. The van der Waals surface area contributed by atoms with Gasteiger partial charge in [-0.3, -0.25) is 4.79 Å². The van der Waals surface area contributed by atoms with Gasteiger partial charge in [-0.25, -0.2) is 0 Å². The Kier molecular flexibility index (Phi) is 14.4. The van der Waals surface area contributed by atoms with E-state index in [1.165, 1.54) is 103 Å². The molecule has 0 aromatic heterocycles. The number of carbonyl (C=O) groups is 1. The van der Waals surface area contributed by atoms with E-state index in [4.69, 9.17) is 9.47 Å². The van der Waals surface area contributed by atoms with Crippen molar-refractivity contribution in [2.24, 2.45) is 0 Å². The highest BCUT2D eigenvalue weighted by Crippen LogP contribution is 2.33. The molecule has 0 aliphatic heterocycles. The van der Waals surface area contributed by atoms with Gasteiger partial charge in [-0.1, -0.05) is 128 Å². The second-order valence-electron chi connectivity index (χ2n) is 9.35. The van der Waals surface area contributed by atoms with Crippen molar-refractivity contribution in [3.05, 3.63) is 36.4 Å². The fraction of sp³-hybridized carbons (Fsp3) is 0.633. The van der Waals surface area contributed by atoms with Gasteiger partial charge in [0.25, 0.3) is 0 Å². The highest BCUT2D eigenvalue weighted by molar-refractivity contribution is 5.94. The van der Waals surface area contributed by atoms with Gasteiger partial charge in [0.2, 0.25) is 0 Å². The molecule has 0 aliphatic carbocycles. The molecule has 0 atom stereocenters. The maximum absolute atomic E-state index is 11.3. The number of unbranched alkanes of at least 4 members (excludes halogenated alkanes) is 15. The fourth-order valence-corrected chi connectivity index (χ4v) is 4.45. The largest absolute Gasteiger partial charge is 0.493 e. The summed E-state index contributed by atoms with van der Waals surface area (Å²) in [7, 11) is 0. The highest BCUT2D eigenvalue weighted by atomic mass is 16.5. The van der Waals surface area contributed by atoms with E-state index in [9.17, 15) is 4.79 Å². The van der Waals surface area contributed by atoms with E-state index in [0.717, 1.165) is 29.5 Å². The Morgan fingerprint density at radius 1 is 0.606 bits per heavy atom. The van der Waals surface area contributed by atoms with Crippen LogP contribution in [-0.2, 0) is 4.79 Å². The normalized spacial score (nSPS) is 11.1. The third-order valence-electron chi connectivity index (χ3n) is 6.35. The zero-order chi connectivity index (χ0) is 23.6. The van der Waals surface area contributed by atoms with Gasteiger partial charge in [-0.2, -0.15) is 0 Å². The van der Waals surface area contributed by atoms with Crippen LogP contribution in [0.15, 0.2) is 36.4 Å². The number of rotatable bonds is 19. The van der Waals surface area contributed by atoms with E-state index >= 15 is 0 Å². The zero-order valence-corrected chi connectivity index (χ0v) is 21.2. The van der Waals surface area contributed by atoms with Gasteiger partial charge in [-0.05, 0) is 18.6 Å². The summed E-state index contributed by atoms with van der Waals surface area (Å²) in [4.78, 5) is 11.3. The molecule has 0 N–H and O–H groups in total. The summed E-state index contributed by atoms with van der Waals surface area (Å²) in [5.74, 6) is 1.15. The monoisotopic (exact) mass is 454 g/mol. The molecule has 2 aromatic rings. The average Bonchev–Trinajstić information content (AvgIpc) is 2.82. The van der Waals surface area contributed by atoms with Gasteiger partial charge >= 0.3 is 5.97 Å². The smallest absolute Gasteiger partial charge is 0.308 e. The maximum Gasteiger partial charge on any atom is 0.308 e. The quantitative estimate of drug-likeness (QED) is 0.120. The van der Waals surface area contributed by atoms with Crippen LogP contribution in [0.3, 0.4) is 0 Å². The first-order valence-electron chi connectivity index (χ1n) is 13.6. The van der Waals surface area contributed by atoms with Crippen LogP contribution in [0.2, 0.25) is 0 Å². The molecule has 2 rings (SSSR count). The predicted octanol–water partition coefficient (Wildman–Crippen LogP) is 9.41. The number of hydrogen-bond donors (Lipinski definition) is 0. The highest BCUT2D eigenvalue weighted by Gasteiger charge is 2.09. The van der Waals surface area contributed by atoms with Crippen molar-refractivity contribution < 1.29 is 14.3 Å². The Balaban J connectivity index is 1.47. The minimum atomic E-state index is -0.304. The van der Waals surface area contributed by atoms with Crippen molar-refractivity contribution in [2.45, 2.75) is 117 Å². The van der Waals surface area contributed by atoms with Gasteiger partial charge in [0.15, 0.2) is 0 Å². The Morgan fingerprint density at radius 3 is 1.52 bits per heavy atom. The molecule has 3 nitrogen and oxygen atoms in total. The molecule has 0 heterocycles. The SMILES string of the molecule is CCCCCCCCCCCCCCCCCCOc1ccc(OC(C)=O)c2ccccc12. The lowest BCUT2D eigenvalue weighted by Crippen LogP contribution is -2.03. The zero-order valence-electron chi connectivity index (χ0n) is 21.2. The lowest BCUT2D eigenvalue weighted by Gasteiger charge is -2.12. The first kappa shape index (κ1) is 27.2. The van der Waals surface area contributed by atoms with Gasteiger partial charge in [0, 0.05) is 17.7 Å². The number of benzene rings is 2. The minimum Gasteiger partial charge on any atom is -0.493 e. The van der Waals surface area contributed by atoms with Crippen molar-refractivity contribution in [3.63, 3.8) is 0 Å². The molecule has 2 aromatic carbocycles. The predicted molar refractivity (Wildman–Crippen MR) is 140 cm³/mol. The summed E-state index contributed by atoms with van der Waals surface area (Å²) >= 11 is 0. The molecule has 0 unspecified atom stereocenters. The summed E-state index contributed by atoms with van der Waals surface area (Å²) in [5.41, 5.74) is 0. The fourth-order valence-electron chi connectivity index (χ4n) is 4.45. The van der Waals surface area contributed by atoms with E-state index < -0.39 is 0 Å². The summed E-state index contributed by atoms with van der Waals surface area (Å²) in [6.07, 6.45) is 22.0. The summed E-state index contributed by atoms with van der Waals surface area (Å²) in [6.45, 7) is 4.44. The Bertz CT molecular complexity index is 783. The van der Waals surface area contributed by atoms with E-state index in [0.29, 0.717) is 5.75 Å². The van der Waals surface area contributed by atoms with Crippen LogP contribution in [0.1, 0.15) is 117 Å². The van der Waals surface area contributed by atoms with Gasteiger partial charge in [-0.15, -0.1) is 0 Å². The molecule has 0 bridgehead atoms. The second kappa shape index (κ2) is 17.4. The molecular weight excluding hydrogens is 408 g/mol. The van der Waals surface area contributed by atoms with Crippen molar-refractivity contribution in [3.8, 4) is 11.5 Å². The standard InChI is InChI=1S/C30H46O3/c1-3-4-5-6-7-8-9-10-11-12-13-14-15-16-17-20-25-32-29-23-24-30(33-26(2)31)28-22-19-18-21-27(28)29/h18-19,21-24H,3-17,20,25H2,1-2H3. The summed E-state index contributed by atoms with van der Waals surface area (Å²) in [5, 5.41) is 1.91. The van der Waals surface area contributed by atoms with Crippen molar-refractivity contribution >= 4 is 16.7 Å². The van der Waals surface area contributed by atoms with Gasteiger partial charge < -0.3 is 9.47 Å². The number of fused-ring (bicyclic) bond motifs is 1. The van der Waals surface area contributed by atoms with Gasteiger partial charge in [0.05, 0.1) is 6.61 Å². The summed E-state index contributed by atoms with van der Waals surface area (Å²) < 4.78 is 11.4. The maximum atomic E-state index is 11.3. The minimum absolute atomic E-state index is 0.304. The van der Waals surface area contributed by atoms with Gasteiger partial charge in [0.1, 0.15) is 11.5 Å². The molecule has 0 amide bonds. The number of carbonyl (C=O) groups excluding carboxylic acids is 1. The molecule has 0 radical (unpaired) electrons. The van der Waals surface area contributed by atoms with E-state index in [1.807, 2.05) is 36.4 Å². The van der Waals surface area contributed by atoms with Crippen LogP contribution < -0.4 is 9.47 Å². The van der Waals surface area contributed by atoms with Crippen LogP contribution >= 0.6 is 0 Å². The third-order valence-corrected chi connectivity index (χ3v) is 6.35. The first-order chi connectivity index (χ1) is 16.2. The first-order valence-corrected chi connectivity index (χ1v) is 13.6. The molecule has 0 spiro atoms. The third kappa shape index (κ3) is 11.6. The average molecular weight is 455 g/mol. The van der Waals surface area contributed by atoms with E-state index in [1.54, 1.807) is 0 Å². The Morgan fingerprint density at radius 2 is 1.03 bits per heavy atom.